The number of allylic oxidation sites excluding steroid dienone is 2. The highest BCUT2D eigenvalue weighted by Gasteiger charge is 2.73. The molecule has 0 heterocycles. The lowest BCUT2D eigenvalue weighted by Gasteiger charge is -2.73. The summed E-state index contributed by atoms with van der Waals surface area (Å²) in [5.74, 6) is 0.991. The molecular weight excluding hydrogens is 556 g/mol. The Kier molecular flexibility index (Phi) is 9.06. The van der Waals surface area contributed by atoms with Gasteiger partial charge in [-0.3, -0.25) is 4.79 Å². The summed E-state index contributed by atoms with van der Waals surface area (Å²) < 4.78 is 37.3. The van der Waals surface area contributed by atoms with Crippen molar-refractivity contribution in [3.8, 4) is 0 Å². The van der Waals surface area contributed by atoms with Gasteiger partial charge in [0.15, 0.2) is 0 Å². The first-order valence-corrected chi connectivity index (χ1v) is 17.0. The van der Waals surface area contributed by atoms with Crippen LogP contribution < -0.4 is 0 Å². The van der Waals surface area contributed by atoms with Crippen LogP contribution in [0.1, 0.15) is 93.4 Å². The predicted molar refractivity (Wildman–Crippen MR) is 171 cm³/mol. The summed E-state index contributed by atoms with van der Waals surface area (Å²) in [6.07, 6.45) is 9.49. The van der Waals surface area contributed by atoms with Crippen molar-refractivity contribution in [2.45, 2.75) is 118 Å². The molecule has 4 fully saturated rings. The van der Waals surface area contributed by atoms with E-state index in [0.717, 1.165) is 44.9 Å². The summed E-state index contributed by atoms with van der Waals surface area (Å²) in [7, 11) is 9.16. The van der Waals surface area contributed by atoms with Crippen LogP contribution in [0.3, 0.4) is 0 Å². The van der Waals surface area contributed by atoms with Gasteiger partial charge in [0.05, 0.1) is 36.9 Å². The van der Waals surface area contributed by atoms with Gasteiger partial charge in [-0.15, -0.1) is 0 Å². The lowest BCUT2D eigenvalue weighted by Crippen LogP contribution is -2.72. The van der Waals surface area contributed by atoms with Crippen LogP contribution >= 0.6 is 0 Å². The molecule has 5 aliphatic rings. The van der Waals surface area contributed by atoms with Crippen molar-refractivity contribution >= 4 is 5.97 Å². The molecule has 0 radical (unpaired) electrons. The fraction of sp³-hybridized carbons (Fsp3) is 0.919. The summed E-state index contributed by atoms with van der Waals surface area (Å²) in [5.41, 5.74) is 1.12. The summed E-state index contributed by atoms with van der Waals surface area (Å²) in [4.78, 5) is 12.2. The Hall–Kier alpha value is -0.990. The molecule has 0 amide bonds. The van der Waals surface area contributed by atoms with Crippen LogP contribution in [-0.4, -0.2) is 79.1 Å². The molecule has 0 N–H and O–H groups in total. The number of carbonyl (C=O) groups excluding carboxylic acids is 1. The third-order valence-electron chi connectivity index (χ3n) is 14.7. The third-order valence-corrected chi connectivity index (χ3v) is 14.7. The minimum Gasteiger partial charge on any atom is -0.462 e. The first-order valence-electron chi connectivity index (χ1n) is 17.0. The maximum absolute atomic E-state index is 12.2. The SMILES string of the molecule is COC[C@]1(C)[C@@H]2CC[C@]3(C)[C@H](CC=C4[C@@H]5CC(C)(C)[C@@H](OC)[C@H](OC)[C@]5(COC)[C@H](OC)C[C@]43C)[C@@]2(C)CC[C@@H]1OC(C)=O. The lowest BCUT2D eigenvalue weighted by atomic mass is 9.33. The van der Waals surface area contributed by atoms with Crippen molar-refractivity contribution in [3.63, 3.8) is 0 Å². The zero-order valence-electron chi connectivity index (χ0n) is 29.8. The zero-order chi connectivity index (χ0) is 32.5. The second-order valence-electron chi connectivity index (χ2n) is 16.9. The number of ether oxygens (including phenoxy) is 6. The van der Waals surface area contributed by atoms with Crippen LogP contribution in [0.15, 0.2) is 11.6 Å². The van der Waals surface area contributed by atoms with Crippen molar-refractivity contribution < 1.29 is 33.2 Å². The van der Waals surface area contributed by atoms with Crippen molar-refractivity contribution in [3.05, 3.63) is 11.6 Å². The smallest absolute Gasteiger partial charge is 0.302 e. The molecule has 12 atom stereocenters. The molecule has 44 heavy (non-hydrogen) atoms. The van der Waals surface area contributed by atoms with Crippen LogP contribution in [0.5, 0.6) is 0 Å². The third kappa shape index (κ3) is 4.48. The highest BCUT2D eigenvalue weighted by Crippen LogP contribution is 2.76. The maximum atomic E-state index is 12.2. The fourth-order valence-corrected chi connectivity index (χ4v) is 12.8. The average Bonchev–Trinajstić information content (AvgIpc) is 2.94. The first-order chi connectivity index (χ1) is 20.6. The van der Waals surface area contributed by atoms with E-state index in [4.69, 9.17) is 28.4 Å². The summed E-state index contributed by atoms with van der Waals surface area (Å²) in [5, 5.41) is 0. The maximum Gasteiger partial charge on any atom is 0.302 e. The highest BCUT2D eigenvalue weighted by molar-refractivity contribution is 5.66. The molecule has 0 aromatic heterocycles. The van der Waals surface area contributed by atoms with E-state index in [-0.39, 0.29) is 68.8 Å². The van der Waals surface area contributed by atoms with E-state index in [1.165, 1.54) is 0 Å². The minimum absolute atomic E-state index is 0.0344. The largest absolute Gasteiger partial charge is 0.462 e. The van der Waals surface area contributed by atoms with Crippen molar-refractivity contribution in [1.82, 2.24) is 0 Å². The fourth-order valence-electron chi connectivity index (χ4n) is 12.8. The van der Waals surface area contributed by atoms with Gasteiger partial charge in [0.1, 0.15) is 6.10 Å². The van der Waals surface area contributed by atoms with E-state index in [0.29, 0.717) is 25.0 Å². The van der Waals surface area contributed by atoms with Gasteiger partial charge in [-0.05, 0) is 84.4 Å². The zero-order valence-corrected chi connectivity index (χ0v) is 29.8. The molecule has 7 nitrogen and oxygen atoms in total. The number of carbonyl (C=O) groups is 1. The normalized spacial score (nSPS) is 49.5. The van der Waals surface area contributed by atoms with Gasteiger partial charge in [0.2, 0.25) is 0 Å². The number of hydrogen-bond donors (Lipinski definition) is 0. The Morgan fingerprint density at radius 2 is 1.45 bits per heavy atom. The van der Waals surface area contributed by atoms with Gasteiger partial charge in [-0.2, -0.15) is 0 Å². The molecule has 0 aromatic rings. The quantitative estimate of drug-likeness (QED) is 0.217. The van der Waals surface area contributed by atoms with Gasteiger partial charge < -0.3 is 28.4 Å². The molecule has 0 aliphatic heterocycles. The van der Waals surface area contributed by atoms with E-state index in [1.54, 1.807) is 19.6 Å². The Balaban J connectivity index is 1.63. The monoisotopic (exact) mass is 618 g/mol. The molecule has 0 unspecified atom stereocenters. The van der Waals surface area contributed by atoms with Crippen LogP contribution in [0.4, 0.5) is 0 Å². The Bertz CT molecular complexity index is 1120. The minimum atomic E-state index is -0.344. The number of methoxy groups -OCH3 is 5. The lowest BCUT2D eigenvalue weighted by molar-refractivity contribution is -0.273. The van der Waals surface area contributed by atoms with E-state index < -0.39 is 0 Å². The van der Waals surface area contributed by atoms with Crippen LogP contribution in [-0.2, 0) is 33.2 Å². The molecule has 4 saturated carbocycles. The summed E-state index contributed by atoms with van der Waals surface area (Å²) in [6, 6.07) is 0. The number of esters is 1. The molecule has 252 valence electrons. The highest BCUT2D eigenvalue weighted by atomic mass is 16.5. The van der Waals surface area contributed by atoms with E-state index in [9.17, 15) is 4.79 Å². The van der Waals surface area contributed by atoms with Gasteiger partial charge in [0, 0.05) is 47.9 Å². The molecule has 5 aliphatic carbocycles. The number of rotatable bonds is 8. The molecule has 0 spiro atoms. The van der Waals surface area contributed by atoms with Gasteiger partial charge in [0.25, 0.3) is 0 Å². The second kappa shape index (κ2) is 11.6. The Morgan fingerprint density at radius 1 is 0.795 bits per heavy atom. The van der Waals surface area contributed by atoms with Gasteiger partial charge in [-0.25, -0.2) is 0 Å². The van der Waals surface area contributed by atoms with Crippen LogP contribution in [0.25, 0.3) is 0 Å². The van der Waals surface area contributed by atoms with Crippen molar-refractivity contribution in [1.29, 1.82) is 0 Å². The summed E-state index contributed by atoms with van der Waals surface area (Å²) >= 11 is 0. The standard InChI is InChI=1S/C37H62O7/c1-23(38)44-28-16-17-33(4)26(34(28,5)21-39-8)15-18-35(6)27(33)14-13-24-25-19-32(2,3)30(42-11)31(43-12)37(25,22-40-9)29(41-10)20-36(24,35)7/h13,25-31H,14-22H2,1-12H3/t25-,26+,27+,28-,29+,30-,31-,33-,34+,35+,36+,37-/m0/s1. The van der Waals surface area contributed by atoms with Crippen molar-refractivity contribution in [2.75, 3.05) is 48.8 Å². The molecule has 5 rings (SSSR count). The van der Waals surface area contributed by atoms with Crippen molar-refractivity contribution in [2.24, 2.45) is 50.2 Å². The van der Waals surface area contributed by atoms with Crippen LogP contribution in [0.2, 0.25) is 0 Å². The second-order valence-corrected chi connectivity index (χ2v) is 16.9. The molecule has 0 bridgehead atoms. The number of fused-ring (bicyclic) bond motifs is 7. The predicted octanol–water partition coefficient (Wildman–Crippen LogP) is 6.87. The molecular formula is C37H62O7. The summed E-state index contributed by atoms with van der Waals surface area (Å²) in [6.45, 7) is 17.5. The molecule has 7 heteroatoms. The Morgan fingerprint density at radius 3 is 2.02 bits per heavy atom. The molecule has 0 aromatic carbocycles. The topological polar surface area (TPSA) is 72.5 Å². The number of hydrogen-bond acceptors (Lipinski definition) is 7. The average molecular weight is 619 g/mol. The molecule has 0 saturated heterocycles. The van der Waals surface area contributed by atoms with E-state index in [1.807, 2.05) is 28.4 Å². The van der Waals surface area contributed by atoms with Crippen LogP contribution in [0, 0.1) is 50.2 Å². The van der Waals surface area contributed by atoms with Gasteiger partial charge in [-0.1, -0.05) is 53.2 Å². The first kappa shape index (κ1) is 34.3. The van der Waals surface area contributed by atoms with E-state index >= 15 is 0 Å². The van der Waals surface area contributed by atoms with E-state index in [2.05, 4.69) is 47.6 Å². The van der Waals surface area contributed by atoms with Gasteiger partial charge >= 0.3 is 5.97 Å². The Labute approximate surface area is 267 Å².